The Balaban J connectivity index is 4.37. The van der Waals surface area contributed by atoms with Gasteiger partial charge in [-0.15, -0.1) is 0 Å². The molecule has 0 aliphatic heterocycles. The second-order valence-corrected chi connectivity index (χ2v) is 17.7. The summed E-state index contributed by atoms with van der Waals surface area (Å²) < 4.78 is 16.8. The highest BCUT2D eigenvalue weighted by molar-refractivity contribution is 5.71. The zero-order chi connectivity index (χ0) is 47.2. The first-order valence-electron chi connectivity index (χ1n) is 27.1. The Morgan fingerprint density at radius 2 is 0.600 bits per heavy atom. The fourth-order valence-corrected chi connectivity index (χ4v) is 7.39. The SMILES string of the molecule is CC/C=C\C/C=C\C/C=C\C/C=C\CCCCCCCCCCC(=O)OCC(COC(=O)CCCCCCCCCCCCCCC)OC(=O)CCCCC/C=C\C/C=C\C/C=C\CC. The minimum Gasteiger partial charge on any atom is -0.462 e. The molecule has 0 saturated heterocycles. The van der Waals surface area contributed by atoms with Gasteiger partial charge >= 0.3 is 17.9 Å². The molecule has 0 amide bonds. The fourth-order valence-electron chi connectivity index (χ4n) is 7.39. The summed E-state index contributed by atoms with van der Waals surface area (Å²) in [5.41, 5.74) is 0. The van der Waals surface area contributed by atoms with E-state index in [-0.39, 0.29) is 31.1 Å². The van der Waals surface area contributed by atoms with E-state index in [2.05, 4.69) is 106 Å². The number of hydrogen-bond acceptors (Lipinski definition) is 6. The highest BCUT2D eigenvalue weighted by Crippen LogP contribution is 2.15. The van der Waals surface area contributed by atoms with Crippen LogP contribution < -0.4 is 0 Å². The predicted molar refractivity (Wildman–Crippen MR) is 279 cm³/mol. The summed E-state index contributed by atoms with van der Waals surface area (Å²) in [5.74, 6) is -0.925. The van der Waals surface area contributed by atoms with Crippen molar-refractivity contribution in [2.24, 2.45) is 0 Å². The molecule has 0 rings (SSSR count). The molecule has 0 bridgehead atoms. The van der Waals surface area contributed by atoms with Crippen molar-refractivity contribution in [2.45, 2.75) is 258 Å². The van der Waals surface area contributed by atoms with Crippen molar-refractivity contribution >= 4 is 17.9 Å². The first-order chi connectivity index (χ1) is 32.0. The van der Waals surface area contributed by atoms with Gasteiger partial charge < -0.3 is 14.2 Å². The maximum absolute atomic E-state index is 12.8. The van der Waals surface area contributed by atoms with Gasteiger partial charge in [-0.2, -0.15) is 0 Å². The van der Waals surface area contributed by atoms with Gasteiger partial charge in [0.05, 0.1) is 0 Å². The number of esters is 3. The van der Waals surface area contributed by atoms with Gasteiger partial charge in [-0.05, 0) is 89.9 Å². The monoisotopic (exact) mass is 905 g/mol. The van der Waals surface area contributed by atoms with Gasteiger partial charge in [0, 0.05) is 19.3 Å². The topological polar surface area (TPSA) is 78.9 Å². The van der Waals surface area contributed by atoms with E-state index in [1.807, 2.05) is 0 Å². The van der Waals surface area contributed by atoms with E-state index in [1.54, 1.807) is 0 Å². The minimum absolute atomic E-state index is 0.0894. The van der Waals surface area contributed by atoms with Crippen molar-refractivity contribution < 1.29 is 28.6 Å². The van der Waals surface area contributed by atoms with Crippen LogP contribution >= 0.6 is 0 Å². The average molecular weight is 905 g/mol. The van der Waals surface area contributed by atoms with Crippen molar-refractivity contribution in [1.82, 2.24) is 0 Å². The quantitative estimate of drug-likeness (QED) is 0.0262. The Labute approximate surface area is 401 Å². The van der Waals surface area contributed by atoms with Crippen molar-refractivity contribution in [2.75, 3.05) is 13.2 Å². The average Bonchev–Trinajstić information content (AvgIpc) is 3.30. The van der Waals surface area contributed by atoms with Gasteiger partial charge in [0.1, 0.15) is 13.2 Å². The molecule has 6 nitrogen and oxygen atoms in total. The van der Waals surface area contributed by atoms with E-state index in [9.17, 15) is 14.4 Å². The second-order valence-electron chi connectivity index (χ2n) is 17.7. The molecule has 0 aliphatic carbocycles. The van der Waals surface area contributed by atoms with Gasteiger partial charge in [0.15, 0.2) is 6.10 Å². The molecule has 0 radical (unpaired) electrons. The smallest absolute Gasteiger partial charge is 0.306 e. The third-order valence-electron chi connectivity index (χ3n) is 11.4. The molecule has 0 N–H and O–H groups in total. The van der Waals surface area contributed by atoms with Crippen LogP contribution in [0.5, 0.6) is 0 Å². The molecule has 65 heavy (non-hydrogen) atoms. The summed E-state index contributed by atoms with van der Waals surface area (Å²) in [4.78, 5) is 38.0. The van der Waals surface area contributed by atoms with Gasteiger partial charge in [0.2, 0.25) is 0 Å². The van der Waals surface area contributed by atoms with Crippen molar-refractivity contribution in [3.63, 3.8) is 0 Å². The molecule has 6 heteroatoms. The third-order valence-corrected chi connectivity index (χ3v) is 11.4. The van der Waals surface area contributed by atoms with Crippen LogP contribution in [0.3, 0.4) is 0 Å². The standard InChI is InChI=1S/C59H100O6/c1-4-7-10-13-16-19-22-25-26-27-28-29-30-31-32-35-37-40-43-46-49-52-58(61)64-55-56(65-59(62)53-50-47-44-41-38-34-24-21-18-15-12-9-6-3)54-63-57(60)51-48-45-42-39-36-33-23-20-17-14-11-8-5-2/h7,9-10,12,16,18-19,21,25-26,28-29,34,38,56H,4-6,8,11,13-15,17,20,22-24,27,30-33,35-37,39-55H2,1-3H3/b10-7-,12-9-,19-16-,21-18-,26-25-,29-28-,38-34-. The molecule has 0 aromatic heterocycles. The summed E-state index contributed by atoms with van der Waals surface area (Å²) in [6.45, 7) is 6.38. The molecule has 0 saturated carbocycles. The predicted octanol–water partition coefficient (Wildman–Crippen LogP) is 18.0. The lowest BCUT2D eigenvalue weighted by Gasteiger charge is -2.18. The number of rotatable bonds is 48. The van der Waals surface area contributed by atoms with Gasteiger partial charge in [-0.1, -0.05) is 228 Å². The maximum atomic E-state index is 12.8. The molecule has 372 valence electrons. The highest BCUT2D eigenvalue weighted by atomic mass is 16.6. The van der Waals surface area contributed by atoms with Crippen LogP contribution in [0.4, 0.5) is 0 Å². The van der Waals surface area contributed by atoms with E-state index < -0.39 is 6.10 Å². The first kappa shape index (κ1) is 61.6. The van der Waals surface area contributed by atoms with Gasteiger partial charge in [0.25, 0.3) is 0 Å². The lowest BCUT2D eigenvalue weighted by atomic mass is 10.0. The number of hydrogen-bond donors (Lipinski definition) is 0. The van der Waals surface area contributed by atoms with Crippen molar-refractivity contribution in [3.05, 3.63) is 85.1 Å². The van der Waals surface area contributed by atoms with Crippen LogP contribution in [0.2, 0.25) is 0 Å². The largest absolute Gasteiger partial charge is 0.462 e. The molecular weight excluding hydrogens is 805 g/mol. The Bertz CT molecular complexity index is 1270. The summed E-state index contributed by atoms with van der Waals surface area (Å²) >= 11 is 0. The van der Waals surface area contributed by atoms with E-state index in [1.165, 1.54) is 96.3 Å². The van der Waals surface area contributed by atoms with Gasteiger partial charge in [-0.25, -0.2) is 0 Å². The Hall–Kier alpha value is -3.41. The van der Waals surface area contributed by atoms with Crippen LogP contribution in [0.15, 0.2) is 85.1 Å². The molecule has 0 aromatic rings. The van der Waals surface area contributed by atoms with E-state index >= 15 is 0 Å². The molecule has 0 fully saturated rings. The molecule has 0 aliphatic rings. The highest BCUT2D eigenvalue weighted by Gasteiger charge is 2.19. The van der Waals surface area contributed by atoms with Crippen LogP contribution in [-0.4, -0.2) is 37.2 Å². The number of carbonyl (C=O) groups is 3. The molecule has 0 spiro atoms. The summed E-state index contributed by atoms with van der Waals surface area (Å²) in [7, 11) is 0. The summed E-state index contributed by atoms with van der Waals surface area (Å²) in [5, 5.41) is 0. The Morgan fingerprint density at radius 3 is 0.954 bits per heavy atom. The number of ether oxygens (including phenoxy) is 3. The maximum Gasteiger partial charge on any atom is 0.306 e. The normalized spacial score (nSPS) is 12.7. The van der Waals surface area contributed by atoms with Gasteiger partial charge in [-0.3, -0.25) is 14.4 Å². The Kier molecular flexibility index (Phi) is 50.4. The number of carbonyl (C=O) groups excluding carboxylic acids is 3. The molecule has 1 atom stereocenters. The first-order valence-corrected chi connectivity index (χ1v) is 27.1. The second kappa shape index (κ2) is 53.2. The lowest BCUT2D eigenvalue weighted by molar-refractivity contribution is -0.167. The number of allylic oxidation sites excluding steroid dienone is 14. The number of unbranched alkanes of at least 4 members (excludes halogenated alkanes) is 23. The van der Waals surface area contributed by atoms with Crippen LogP contribution in [-0.2, 0) is 28.6 Å². The van der Waals surface area contributed by atoms with Crippen molar-refractivity contribution in [1.29, 1.82) is 0 Å². The molecular formula is C59H100O6. The molecule has 0 aromatic carbocycles. The summed E-state index contributed by atoms with van der Waals surface area (Å²) in [6, 6.07) is 0. The molecule has 0 heterocycles. The van der Waals surface area contributed by atoms with E-state index in [4.69, 9.17) is 14.2 Å². The van der Waals surface area contributed by atoms with Crippen molar-refractivity contribution in [3.8, 4) is 0 Å². The van der Waals surface area contributed by atoms with Crippen LogP contribution in [0.25, 0.3) is 0 Å². The zero-order valence-corrected chi connectivity index (χ0v) is 42.5. The fraction of sp³-hybridized carbons (Fsp3) is 0.712. The van der Waals surface area contributed by atoms with Crippen LogP contribution in [0.1, 0.15) is 252 Å². The van der Waals surface area contributed by atoms with E-state index in [0.717, 1.165) is 116 Å². The van der Waals surface area contributed by atoms with Crippen LogP contribution in [0, 0.1) is 0 Å². The molecule has 1 unspecified atom stereocenters. The summed E-state index contributed by atoms with van der Waals surface area (Å²) in [6.07, 6.45) is 68.6. The Morgan fingerprint density at radius 1 is 0.323 bits per heavy atom. The minimum atomic E-state index is -0.793. The van der Waals surface area contributed by atoms with E-state index in [0.29, 0.717) is 19.3 Å². The lowest BCUT2D eigenvalue weighted by Crippen LogP contribution is -2.30. The zero-order valence-electron chi connectivity index (χ0n) is 42.5. The third kappa shape index (κ3) is 51.4.